The number of carbonyl (C=O) groups excluding carboxylic acids is 2. The van der Waals surface area contributed by atoms with Crippen molar-refractivity contribution >= 4 is 44.6 Å². The molecule has 0 saturated heterocycles. The third-order valence-electron chi connectivity index (χ3n) is 6.45. The van der Waals surface area contributed by atoms with E-state index in [9.17, 15) is 23.3 Å². The van der Waals surface area contributed by atoms with Crippen LogP contribution in [0.25, 0.3) is 0 Å². The first kappa shape index (κ1) is 29.2. The van der Waals surface area contributed by atoms with E-state index in [1.165, 1.54) is 20.1 Å². The first-order valence-corrected chi connectivity index (χ1v) is 14.4. The fraction of sp³-hybridized carbons (Fsp3) is 0.276. The number of ether oxygens (including phenoxy) is 1. The highest BCUT2D eigenvalue weighted by Gasteiger charge is 2.41. The van der Waals surface area contributed by atoms with E-state index in [4.69, 9.17) is 4.74 Å². The van der Waals surface area contributed by atoms with E-state index < -0.39 is 15.9 Å². The van der Waals surface area contributed by atoms with Gasteiger partial charge in [-0.3, -0.25) is 9.59 Å². The monoisotopic (exact) mass is 574 g/mol. The van der Waals surface area contributed by atoms with E-state index in [0.717, 1.165) is 34.6 Å². The molecule has 0 unspecified atom stereocenters. The van der Waals surface area contributed by atoms with Crippen LogP contribution in [-0.4, -0.2) is 44.7 Å². The molecule has 0 saturated carbocycles. The Labute approximate surface area is 239 Å². The molecule has 1 N–H and O–H groups in total. The molecule has 3 aromatic carbocycles. The van der Waals surface area contributed by atoms with Gasteiger partial charge >= 0.3 is 0 Å². The van der Waals surface area contributed by atoms with Crippen molar-refractivity contribution in [2.24, 2.45) is 10.2 Å². The first-order chi connectivity index (χ1) is 19.6. The van der Waals surface area contributed by atoms with Gasteiger partial charge in [0.2, 0.25) is 5.91 Å². The summed E-state index contributed by atoms with van der Waals surface area (Å²) in [7, 11) is -2.51. The van der Waals surface area contributed by atoms with E-state index in [0.29, 0.717) is 18.0 Å². The van der Waals surface area contributed by atoms with Gasteiger partial charge in [0, 0.05) is 32.6 Å². The van der Waals surface area contributed by atoms with Crippen LogP contribution < -0.4 is 15.0 Å². The van der Waals surface area contributed by atoms with Crippen molar-refractivity contribution < 1.29 is 22.7 Å². The Kier molecular flexibility index (Phi) is 8.68. The van der Waals surface area contributed by atoms with Crippen LogP contribution in [0, 0.1) is 11.3 Å². The maximum atomic E-state index is 12.7. The molecule has 0 atom stereocenters. The number of sulfonamides is 1. The van der Waals surface area contributed by atoms with Crippen LogP contribution in [0.2, 0.25) is 0 Å². The molecule has 12 heteroatoms. The number of anilines is 2. The van der Waals surface area contributed by atoms with Gasteiger partial charge in [0.1, 0.15) is 28.1 Å². The third kappa shape index (κ3) is 5.90. The number of nitrogens with zero attached hydrogens (tertiary/aromatic N) is 5. The minimum absolute atomic E-state index is 0.0151. The van der Waals surface area contributed by atoms with Gasteiger partial charge in [0.25, 0.3) is 15.9 Å². The molecule has 0 radical (unpaired) electrons. The van der Waals surface area contributed by atoms with Gasteiger partial charge in [-0.05, 0) is 37.1 Å². The van der Waals surface area contributed by atoms with E-state index >= 15 is 0 Å². The summed E-state index contributed by atoms with van der Waals surface area (Å²) in [5, 5.41) is 21.0. The summed E-state index contributed by atoms with van der Waals surface area (Å²) in [5.41, 5.74) is 2.33. The second-order valence-electron chi connectivity index (χ2n) is 9.28. The zero-order chi connectivity index (χ0) is 29.7. The van der Waals surface area contributed by atoms with Crippen LogP contribution in [0.3, 0.4) is 0 Å². The molecule has 1 aliphatic heterocycles. The summed E-state index contributed by atoms with van der Waals surface area (Å²) in [5.74, 6) is -0.525. The molecule has 3 aromatic rings. The minimum atomic E-state index is -4.04. The number of fused-ring (bicyclic) bond motifs is 1. The quantitative estimate of drug-likeness (QED) is 0.314. The Hall–Kier alpha value is -4.76. The van der Waals surface area contributed by atoms with Crippen molar-refractivity contribution in [3.8, 4) is 11.8 Å². The van der Waals surface area contributed by atoms with Gasteiger partial charge < -0.3 is 15.0 Å². The topological polar surface area (TPSA) is 145 Å². The predicted molar refractivity (Wildman–Crippen MR) is 154 cm³/mol. The molecule has 212 valence electrons. The molecule has 0 aliphatic carbocycles. The molecular formula is C29H30N6O5S. The summed E-state index contributed by atoms with van der Waals surface area (Å²) in [6, 6.07) is 17.7. The smallest absolute Gasteiger partial charge is 0.269 e. The molecule has 41 heavy (non-hydrogen) atoms. The minimum Gasteiger partial charge on any atom is -0.494 e. The lowest BCUT2D eigenvalue weighted by Gasteiger charge is -2.27. The summed E-state index contributed by atoms with van der Waals surface area (Å²) in [6.45, 7) is 6.28. The third-order valence-corrected chi connectivity index (χ3v) is 8.35. The molecule has 11 nitrogen and oxygen atoms in total. The van der Waals surface area contributed by atoms with Crippen LogP contribution in [0.4, 0.5) is 22.7 Å². The summed E-state index contributed by atoms with van der Waals surface area (Å²) in [6.07, 6.45) is 0.867. The number of nitriles is 1. The van der Waals surface area contributed by atoms with Gasteiger partial charge in [-0.15, -0.1) is 10.2 Å². The van der Waals surface area contributed by atoms with E-state index in [2.05, 4.69) is 27.4 Å². The standard InChI is InChI=1S/C29H30N6O5S/c1-5-12-34(18-20-10-8-7-9-11-20)26-15-24(31-19(3)36)25(16-27(26)40-4)33-32-23-14-22-28(13-21(23)17-30)41(38,39)35(6-2)29(22)37/h7-11,13-16H,5-6,12,18H2,1-4H3,(H,31,36). The molecule has 0 fully saturated rings. The van der Waals surface area contributed by atoms with Gasteiger partial charge in [-0.1, -0.05) is 37.3 Å². The van der Waals surface area contributed by atoms with Crippen molar-refractivity contribution in [1.29, 1.82) is 5.26 Å². The second-order valence-corrected chi connectivity index (χ2v) is 11.1. The number of azo groups is 1. The van der Waals surface area contributed by atoms with Gasteiger partial charge in [-0.2, -0.15) is 5.26 Å². The Bertz CT molecular complexity index is 1670. The Morgan fingerprint density at radius 1 is 1.10 bits per heavy atom. The highest BCUT2D eigenvalue weighted by atomic mass is 32.2. The number of carbonyl (C=O) groups is 2. The Morgan fingerprint density at radius 3 is 2.41 bits per heavy atom. The van der Waals surface area contributed by atoms with Crippen LogP contribution >= 0.6 is 0 Å². The number of amides is 2. The van der Waals surface area contributed by atoms with Crippen molar-refractivity contribution in [1.82, 2.24) is 4.31 Å². The first-order valence-electron chi connectivity index (χ1n) is 13.0. The van der Waals surface area contributed by atoms with Crippen LogP contribution in [0.1, 0.15) is 48.7 Å². The zero-order valence-electron chi connectivity index (χ0n) is 23.2. The van der Waals surface area contributed by atoms with E-state index in [-0.39, 0.29) is 39.8 Å². The summed E-state index contributed by atoms with van der Waals surface area (Å²) < 4.78 is 31.9. The Balaban J connectivity index is 1.79. The molecule has 0 aromatic heterocycles. The maximum absolute atomic E-state index is 12.7. The summed E-state index contributed by atoms with van der Waals surface area (Å²) in [4.78, 5) is 26.7. The van der Waals surface area contributed by atoms with Crippen molar-refractivity contribution in [2.45, 2.75) is 38.6 Å². The highest BCUT2D eigenvalue weighted by Crippen LogP contribution is 2.41. The molecule has 0 spiro atoms. The fourth-order valence-electron chi connectivity index (χ4n) is 4.60. The van der Waals surface area contributed by atoms with Gasteiger partial charge in [-0.25, -0.2) is 12.7 Å². The maximum Gasteiger partial charge on any atom is 0.269 e. The largest absolute Gasteiger partial charge is 0.494 e. The van der Waals surface area contributed by atoms with Crippen LogP contribution in [0.15, 0.2) is 69.7 Å². The van der Waals surface area contributed by atoms with Gasteiger partial charge in [0.15, 0.2) is 0 Å². The Morgan fingerprint density at radius 2 is 1.80 bits per heavy atom. The zero-order valence-corrected chi connectivity index (χ0v) is 24.0. The number of benzene rings is 3. The fourth-order valence-corrected chi connectivity index (χ4v) is 6.19. The van der Waals surface area contributed by atoms with Crippen molar-refractivity contribution in [3.63, 3.8) is 0 Å². The average molecular weight is 575 g/mol. The lowest BCUT2D eigenvalue weighted by Crippen LogP contribution is -2.29. The van der Waals surface area contributed by atoms with Crippen molar-refractivity contribution in [3.05, 3.63) is 71.3 Å². The number of hydrogen-bond donors (Lipinski definition) is 1. The number of nitrogens with one attached hydrogen (secondary N) is 1. The molecular weight excluding hydrogens is 544 g/mol. The molecule has 0 bridgehead atoms. The normalized spacial score (nSPS) is 13.6. The number of hydrogen-bond acceptors (Lipinski definition) is 9. The average Bonchev–Trinajstić information content (AvgIpc) is 3.14. The molecule has 1 heterocycles. The molecule has 1 aliphatic rings. The lowest BCUT2D eigenvalue weighted by molar-refractivity contribution is -0.114. The molecule has 4 rings (SSSR count). The van der Waals surface area contributed by atoms with E-state index in [1.807, 2.05) is 36.4 Å². The molecule has 2 amide bonds. The summed E-state index contributed by atoms with van der Waals surface area (Å²) >= 11 is 0. The second kappa shape index (κ2) is 12.2. The van der Waals surface area contributed by atoms with Crippen LogP contribution in [-0.2, 0) is 21.4 Å². The lowest BCUT2D eigenvalue weighted by atomic mass is 10.1. The van der Waals surface area contributed by atoms with Crippen LogP contribution in [0.5, 0.6) is 5.75 Å². The number of rotatable bonds is 10. The van der Waals surface area contributed by atoms with Gasteiger partial charge in [0.05, 0.1) is 29.6 Å². The predicted octanol–water partition coefficient (Wildman–Crippen LogP) is 5.52. The van der Waals surface area contributed by atoms with E-state index in [1.54, 1.807) is 19.1 Å². The van der Waals surface area contributed by atoms with Crippen molar-refractivity contribution in [2.75, 3.05) is 30.4 Å². The SMILES string of the molecule is CCCN(Cc1ccccc1)c1cc(NC(C)=O)c(N=Nc2cc3c(cc2C#N)S(=O)(=O)N(CC)C3=O)cc1OC. The highest BCUT2D eigenvalue weighted by molar-refractivity contribution is 7.90. The number of methoxy groups -OCH3 is 1.